The number of anilines is 2. The molecule has 0 aliphatic carbocycles. The molecule has 1 aliphatic heterocycles. The van der Waals surface area contributed by atoms with Gasteiger partial charge >= 0.3 is 0 Å². The summed E-state index contributed by atoms with van der Waals surface area (Å²) in [6.07, 6.45) is 2.67. The molecule has 7 nitrogen and oxygen atoms in total. The van der Waals surface area contributed by atoms with Crippen molar-refractivity contribution in [2.45, 2.75) is 38.6 Å². The van der Waals surface area contributed by atoms with E-state index in [-0.39, 0.29) is 51.4 Å². The Morgan fingerprint density at radius 3 is 2.53 bits per heavy atom. The van der Waals surface area contributed by atoms with Gasteiger partial charge in [-0.25, -0.2) is 23.1 Å². The minimum absolute atomic E-state index is 0.00278. The van der Waals surface area contributed by atoms with Crippen molar-refractivity contribution in [3.05, 3.63) is 81.5 Å². The predicted molar refractivity (Wildman–Crippen MR) is 139 cm³/mol. The third-order valence-electron chi connectivity index (χ3n) is 6.80. The lowest BCUT2D eigenvalue weighted by Crippen LogP contribution is -2.27. The lowest BCUT2D eigenvalue weighted by atomic mass is 9.90. The van der Waals surface area contributed by atoms with E-state index in [0.717, 1.165) is 38.2 Å². The van der Waals surface area contributed by atoms with E-state index < -0.39 is 17.2 Å². The first kappa shape index (κ1) is 25.4. The number of fused-ring (bicyclic) bond motifs is 1. The van der Waals surface area contributed by atoms with E-state index in [1.165, 1.54) is 22.8 Å². The van der Waals surface area contributed by atoms with Gasteiger partial charge in [0, 0.05) is 22.7 Å². The number of nitriles is 1. The molecule has 5 rings (SSSR count). The van der Waals surface area contributed by atoms with Crippen LogP contribution in [0.5, 0.6) is 0 Å². The van der Waals surface area contributed by atoms with Crippen LogP contribution in [-0.4, -0.2) is 27.6 Å². The Kier molecular flexibility index (Phi) is 6.87. The molecular weight excluding hydrogens is 493 g/mol. The van der Waals surface area contributed by atoms with Gasteiger partial charge < -0.3 is 15.2 Å². The Morgan fingerprint density at radius 1 is 1.08 bits per heavy atom. The lowest BCUT2D eigenvalue weighted by Gasteiger charge is -2.23. The summed E-state index contributed by atoms with van der Waals surface area (Å²) >= 11 is 0. The van der Waals surface area contributed by atoms with Crippen LogP contribution < -0.4 is 16.2 Å². The lowest BCUT2D eigenvalue weighted by molar-refractivity contribution is 0.445. The Balaban J connectivity index is 1.52. The minimum atomic E-state index is -0.797. The second-order valence-corrected chi connectivity index (χ2v) is 9.61. The number of piperidine rings is 1. The number of hydrogen-bond donors (Lipinski definition) is 2. The standard InChI is InChI=1S/C28H25F3N6O/c1-15(2)37-25-11-17(10-22(29)21(25)9-18(13-32)27(37)38)26-24(31)14-34-28(36-26)35-19-3-4-20(23(30)12-19)16-5-7-33-8-6-16/h3-4,9-12,14-16,33H,5-8H2,1-2H3,(H,34,35,36). The molecule has 194 valence electrons. The van der Waals surface area contributed by atoms with Crippen molar-refractivity contribution in [3.8, 4) is 17.3 Å². The number of aromatic nitrogens is 3. The van der Waals surface area contributed by atoms with Crippen LogP contribution in [0.25, 0.3) is 22.2 Å². The van der Waals surface area contributed by atoms with Crippen molar-refractivity contribution < 1.29 is 13.2 Å². The Hall–Kier alpha value is -4.23. The highest BCUT2D eigenvalue weighted by atomic mass is 19.1. The van der Waals surface area contributed by atoms with Gasteiger partial charge in [0.2, 0.25) is 5.95 Å². The molecule has 0 bridgehead atoms. The molecule has 0 radical (unpaired) electrons. The Bertz CT molecular complexity index is 1640. The smallest absolute Gasteiger partial charge is 0.269 e. The van der Waals surface area contributed by atoms with Crippen molar-refractivity contribution >= 4 is 22.5 Å². The van der Waals surface area contributed by atoms with Crippen LogP contribution in [0.4, 0.5) is 24.8 Å². The van der Waals surface area contributed by atoms with Crippen LogP contribution >= 0.6 is 0 Å². The fourth-order valence-corrected chi connectivity index (χ4v) is 4.95. The SMILES string of the molecule is CC(C)n1c(=O)c(C#N)cc2c(F)cc(-c3nc(Nc4ccc(C5CCNCC5)c(F)c4)ncc3F)cc21. The molecule has 0 saturated carbocycles. The zero-order valence-corrected chi connectivity index (χ0v) is 20.9. The van der Waals surface area contributed by atoms with E-state index in [2.05, 4.69) is 20.6 Å². The highest BCUT2D eigenvalue weighted by Crippen LogP contribution is 2.31. The zero-order valence-electron chi connectivity index (χ0n) is 20.9. The van der Waals surface area contributed by atoms with Gasteiger partial charge in [-0.3, -0.25) is 4.79 Å². The normalized spacial score (nSPS) is 14.1. The van der Waals surface area contributed by atoms with Gasteiger partial charge in [0.15, 0.2) is 5.82 Å². The summed E-state index contributed by atoms with van der Waals surface area (Å²) in [6.45, 7) is 5.15. The maximum Gasteiger partial charge on any atom is 0.269 e. The van der Waals surface area contributed by atoms with Crippen LogP contribution in [0.1, 0.15) is 49.8 Å². The van der Waals surface area contributed by atoms with Crippen LogP contribution in [-0.2, 0) is 0 Å². The molecule has 0 unspecified atom stereocenters. The van der Waals surface area contributed by atoms with E-state index in [0.29, 0.717) is 11.3 Å². The van der Waals surface area contributed by atoms with E-state index in [9.17, 15) is 18.8 Å². The summed E-state index contributed by atoms with van der Waals surface area (Å²) in [7, 11) is 0. The molecule has 0 spiro atoms. The molecule has 1 fully saturated rings. The minimum Gasteiger partial charge on any atom is -0.324 e. The molecule has 4 aromatic rings. The van der Waals surface area contributed by atoms with Crippen LogP contribution in [0.15, 0.2) is 47.4 Å². The summed E-state index contributed by atoms with van der Waals surface area (Å²) in [5.41, 5.74) is 0.399. The summed E-state index contributed by atoms with van der Waals surface area (Å²) in [6, 6.07) is 9.98. The number of halogens is 3. The number of benzene rings is 2. The number of nitrogens with zero attached hydrogens (tertiary/aromatic N) is 4. The summed E-state index contributed by atoms with van der Waals surface area (Å²) in [5.74, 6) is -1.73. The maximum atomic E-state index is 15.2. The quantitative estimate of drug-likeness (QED) is 0.360. The van der Waals surface area contributed by atoms with E-state index >= 15 is 4.39 Å². The summed E-state index contributed by atoms with van der Waals surface area (Å²) < 4.78 is 46.2. The van der Waals surface area contributed by atoms with Crippen molar-refractivity contribution in [1.29, 1.82) is 5.26 Å². The topological polar surface area (TPSA) is 95.6 Å². The second-order valence-electron chi connectivity index (χ2n) is 9.61. The van der Waals surface area contributed by atoms with Crippen molar-refractivity contribution in [2.75, 3.05) is 18.4 Å². The summed E-state index contributed by atoms with van der Waals surface area (Å²) in [4.78, 5) is 20.9. The van der Waals surface area contributed by atoms with Crippen molar-refractivity contribution in [1.82, 2.24) is 19.9 Å². The van der Waals surface area contributed by atoms with Gasteiger partial charge in [-0.05, 0) is 81.6 Å². The average molecular weight is 519 g/mol. The second kappa shape index (κ2) is 10.3. The summed E-state index contributed by atoms with van der Waals surface area (Å²) in [5, 5.41) is 15.5. The molecule has 2 N–H and O–H groups in total. The van der Waals surface area contributed by atoms with Gasteiger partial charge in [0.05, 0.1) is 11.7 Å². The molecule has 0 atom stereocenters. The number of rotatable bonds is 5. The van der Waals surface area contributed by atoms with Crippen LogP contribution in [0.2, 0.25) is 0 Å². The Morgan fingerprint density at radius 2 is 1.84 bits per heavy atom. The molecule has 1 aliphatic rings. The molecule has 1 saturated heterocycles. The van der Waals surface area contributed by atoms with Gasteiger partial charge in [-0.1, -0.05) is 6.07 Å². The molecule has 3 heterocycles. The molecule has 38 heavy (non-hydrogen) atoms. The zero-order chi connectivity index (χ0) is 27.0. The average Bonchev–Trinajstić information content (AvgIpc) is 2.89. The fraction of sp³-hybridized carbons (Fsp3) is 0.286. The molecule has 2 aromatic heterocycles. The van der Waals surface area contributed by atoms with Crippen molar-refractivity contribution in [2.24, 2.45) is 0 Å². The number of nitrogens with one attached hydrogen (secondary N) is 2. The van der Waals surface area contributed by atoms with Gasteiger partial charge in [0.1, 0.15) is 29.0 Å². The maximum absolute atomic E-state index is 15.2. The first-order chi connectivity index (χ1) is 18.3. The third-order valence-corrected chi connectivity index (χ3v) is 6.80. The number of pyridine rings is 1. The van der Waals surface area contributed by atoms with Crippen molar-refractivity contribution in [3.63, 3.8) is 0 Å². The molecule has 0 amide bonds. The first-order valence-corrected chi connectivity index (χ1v) is 12.4. The van der Waals surface area contributed by atoms with Gasteiger partial charge in [0.25, 0.3) is 5.56 Å². The van der Waals surface area contributed by atoms with E-state index in [4.69, 9.17) is 0 Å². The highest BCUT2D eigenvalue weighted by molar-refractivity contribution is 5.86. The molecule has 10 heteroatoms. The largest absolute Gasteiger partial charge is 0.324 e. The van der Waals surface area contributed by atoms with Gasteiger partial charge in [-0.15, -0.1) is 0 Å². The third kappa shape index (κ3) is 4.73. The Labute approximate surface area is 217 Å². The fourth-order valence-electron chi connectivity index (χ4n) is 4.95. The molecule has 2 aromatic carbocycles. The predicted octanol–water partition coefficient (Wildman–Crippen LogP) is 5.54. The monoisotopic (exact) mass is 518 g/mol. The number of hydrogen-bond acceptors (Lipinski definition) is 6. The van der Waals surface area contributed by atoms with Gasteiger partial charge in [-0.2, -0.15) is 5.26 Å². The first-order valence-electron chi connectivity index (χ1n) is 12.4. The molecular formula is C28H25F3N6O. The van der Waals surface area contributed by atoms with E-state index in [1.54, 1.807) is 32.0 Å². The van der Waals surface area contributed by atoms with Crippen LogP contribution in [0, 0.1) is 28.8 Å². The van der Waals surface area contributed by atoms with Crippen LogP contribution in [0.3, 0.4) is 0 Å². The van der Waals surface area contributed by atoms with E-state index in [1.807, 2.05) is 0 Å². The highest BCUT2D eigenvalue weighted by Gasteiger charge is 2.20.